The molecule has 3 atom stereocenters. The smallest absolute Gasteiger partial charge is 0.439 e. The highest BCUT2D eigenvalue weighted by Gasteiger charge is 2.33. The van der Waals surface area contributed by atoms with Crippen LogP contribution in [0.5, 0.6) is 11.5 Å². The number of H-pyrrole nitrogens is 1. The SMILES string of the molecule is CO[C@H](C)Cn1c(CN2CCC(c3cccc4c3OC(c3ccc(Cl)cc3P)O4)CC2)nc2cc(-c3noc(=O)[nH]3)ncc21. The number of pyridine rings is 1. The largest absolute Gasteiger partial charge is 0.447 e. The summed E-state index contributed by atoms with van der Waals surface area (Å²) in [6, 6.07) is 13.7. The molecule has 5 aromatic rings. The van der Waals surface area contributed by atoms with E-state index in [4.69, 9.17) is 30.8 Å². The summed E-state index contributed by atoms with van der Waals surface area (Å²) in [5.74, 6) is 2.55. The van der Waals surface area contributed by atoms with Gasteiger partial charge in [0.15, 0.2) is 11.5 Å². The van der Waals surface area contributed by atoms with E-state index < -0.39 is 12.0 Å². The molecule has 2 unspecified atom stereocenters. The quantitative estimate of drug-likeness (QED) is 0.240. The maximum atomic E-state index is 11.5. The maximum Gasteiger partial charge on any atom is 0.439 e. The summed E-state index contributed by atoms with van der Waals surface area (Å²) in [6.07, 6.45) is 3.22. The number of halogens is 1. The van der Waals surface area contributed by atoms with Gasteiger partial charge in [0.25, 0.3) is 6.29 Å². The van der Waals surface area contributed by atoms with Gasteiger partial charge in [-0.15, -0.1) is 9.24 Å². The molecule has 0 amide bonds. The Morgan fingerprint density at radius 3 is 2.75 bits per heavy atom. The molecule has 2 aromatic carbocycles. The van der Waals surface area contributed by atoms with Crippen molar-refractivity contribution in [1.82, 2.24) is 29.6 Å². The summed E-state index contributed by atoms with van der Waals surface area (Å²) in [5.41, 5.74) is 4.30. The molecule has 3 aromatic heterocycles. The van der Waals surface area contributed by atoms with E-state index in [9.17, 15) is 4.79 Å². The first-order chi connectivity index (χ1) is 21.4. The third kappa shape index (κ3) is 5.61. The van der Waals surface area contributed by atoms with E-state index in [0.29, 0.717) is 29.7 Å². The molecular formula is C31H32ClN6O5P. The van der Waals surface area contributed by atoms with Gasteiger partial charge in [0.05, 0.1) is 36.4 Å². The molecule has 11 nitrogen and oxygen atoms in total. The molecule has 0 bridgehead atoms. The molecule has 0 spiro atoms. The lowest BCUT2D eigenvalue weighted by Crippen LogP contribution is -2.33. The predicted molar refractivity (Wildman–Crippen MR) is 169 cm³/mol. The second kappa shape index (κ2) is 12.0. The van der Waals surface area contributed by atoms with Crippen molar-refractivity contribution < 1.29 is 18.7 Å². The number of para-hydroxylation sites is 1. The van der Waals surface area contributed by atoms with E-state index in [-0.39, 0.29) is 11.9 Å². The lowest BCUT2D eigenvalue weighted by atomic mass is 9.88. The summed E-state index contributed by atoms with van der Waals surface area (Å²) >= 11 is 6.16. The predicted octanol–water partition coefficient (Wildman–Crippen LogP) is 4.81. The maximum absolute atomic E-state index is 11.5. The molecule has 2 aliphatic heterocycles. The van der Waals surface area contributed by atoms with Crippen LogP contribution in [0.25, 0.3) is 22.6 Å². The number of nitrogens with zero attached hydrogens (tertiary/aromatic N) is 5. The third-order valence-corrected chi connectivity index (χ3v) is 9.14. The molecule has 0 radical (unpaired) electrons. The van der Waals surface area contributed by atoms with Crippen LogP contribution in [0.15, 0.2) is 58.0 Å². The first-order valence-electron chi connectivity index (χ1n) is 14.5. The lowest BCUT2D eigenvalue weighted by molar-refractivity contribution is 0.0488. The third-order valence-electron chi connectivity index (χ3n) is 8.40. The molecule has 44 heavy (non-hydrogen) atoms. The van der Waals surface area contributed by atoms with Crippen LogP contribution in [-0.4, -0.2) is 55.9 Å². The van der Waals surface area contributed by atoms with Gasteiger partial charge in [-0.25, -0.2) is 9.78 Å². The summed E-state index contributed by atoms with van der Waals surface area (Å²) in [6.45, 7) is 5.19. The minimum absolute atomic E-state index is 0.00932. The number of ether oxygens (including phenoxy) is 3. The van der Waals surface area contributed by atoms with Crippen LogP contribution in [-0.2, 0) is 17.8 Å². The van der Waals surface area contributed by atoms with Crippen molar-refractivity contribution in [3.05, 3.63) is 81.2 Å². The highest BCUT2D eigenvalue weighted by atomic mass is 35.5. The second-order valence-electron chi connectivity index (χ2n) is 11.3. The molecule has 228 valence electrons. The highest BCUT2D eigenvalue weighted by Crippen LogP contribution is 2.47. The van der Waals surface area contributed by atoms with E-state index in [1.807, 2.05) is 43.3 Å². The first kappa shape index (κ1) is 29.0. The van der Waals surface area contributed by atoms with Crippen molar-refractivity contribution in [2.75, 3.05) is 20.2 Å². The summed E-state index contributed by atoms with van der Waals surface area (Å²) in [4.78, 5) is 25.9. The number of methoxy groups -OCH3 is 1. The van der Waals surface area contributed by atoms with Gasteiger partial charge in [0.2, 0.25) is 5.82 Å². The van der Waals surface area contributed by atoms with E-state index in [1.54, 1.807) is 13.3 Å². The zero-order valence-corrected chi connectivity index (χ0v) is 26.2. The Bertz CT molecular complexity index is 1880. The van der Waals surface area contributed by atoms with Crippen LogP contribution < -0.4 is 20.5 Å². The molecule has 7 rings (SSSR count). The Morgan fingerprint density at radius 1 is 1.16 bits per heavy atom. The minimum Gasteiger partial charge on any atom is -0.447 e. The van der Waals surface area contributed by atoms with Crippen LogP contribution >= 0.6 is 20.8 Å². The Morgan fingerprint density at radius 2 is 2.00 bits per heavy atom. The monoisotopic (exact) mass is 634 g/mol. The number of fused-ring (bicyclic) bond motifs is 2. The topological polar surface area (TPSA) is 121 Å². The number of nitrogens with one attached hydrogen (secondary N) is 1. The fourth-order valence-corrected chi connectivity index (χ4v) is 6.71. The van der Waals surface area contributed by atoms with E-state index >= 15 is 0 Å². The average molecular weight is 635 g/mol. The number of likely N-dealkylation sites (tertiary alicyclic amines) is 1. The number of aromatic amines is 1. The van der Waals surface area contributed by atoms with Crippen LogP contribution in [0.4, 0.5) is 0 Å². The van der Waals surface area contributed by atoms with Crippen molar-refractivity contribution in [3.8, 4) is 23.0 Å². The number of benzene rings is 2. The van der Waals surface area contributed by atoms with Gasteiger partial charge in [0, 0.05) is 23.3 Å². The van der Waals surface area contributed by atoms with E-state index in [2.05, 4.69) is 44.4 Å². The van der Waals surface area contributed by atoms with Crippen molar-refractivity contribution in [3.63, 3.8) is 0 Å². The molecule has 5 heterocycles. The van der Waals surface area contributed by atoms with Crippen LogP contribution in [0.1, 0.15) is 48.9 Å². The van der Waals surface area contributed by atoms with Crippen molar-refractivity contribution in [1.29, 1.82) is 0 Å². The highest BCUT2D eigenvalue weighted by molar-refractivity contribution is 7.27. The number of piperidine rings is 1. The Labute approximate surface area is 260 Å². The van der Waals surface area contributed by atoms with E-state index in [1.165, 1.54) is 5.56 Å². The van der Waals surface area contributed by atoms with Crippen molar-refractivity contribution in [2.45, 2.75) is 51.2 Å². The van der Waals surface area contributed by atoms with Gasteiger partial charge >= 0.3 is 5.76 Å². The van der Waals surface area contributed by atoms with Gasteiger partial charge in [-0.1, -0.05) is 28.9 Å². The zero-order chi connectivity index (χ0) is 30.4. The molecule has 0 saturated carbocycles. The molecule has 1 saturated heterocycles. The van der Waals surface area contributed by atoms with Crippen molar-refractivity contribution >= 4 is 37.2 Å². The standard InChI is InChI=1S/C31H32ClN6O5P/c1-17(40-2)15-38-24-14-33-23(29-35-31(39)43-36-29)13-22(24)34-27(38)16-37-10-8-18(9-11-37)20-4-3-5-25-28(20)42-30(41-25)21-7-6-19(32)12-26(21)44/h3-7,12-14,17-18,30H,8-11,15-16,44H2,1-2H3,(H,35,36,39)/t17-,30?/m1/s1. The van der Waals surface area contributed by atoms with Crippen molar-refractivity contribution in [2.24, 2.45) is 0 Å². The van der Waals surface area contributed by atoms with Crippen LogP contribution in [0, 0.1) is 0 Å². The number of hydrogen-bond donors (Lipinski definition) is 1. The Kier molecular flexibility index (Phi) is 7.88. The molecule has 2 aliphatic rings. The van der Waals surface area contributed by atoms with E-state index in [0.717, 1.165) is 65.2 Å². The lowest BCUT2D eigenvalue weighted by Gasteiger charge is -2.32. The average Bonchev–Trinajstić information content (AvgIpc) is 3.74. The van der Waals surface area contributed by atoms with Gasteiger partial charge in [-0.2, -0.15) is 0 Å². The van der Waals surface area contributed by atoms with Gasteiger partial charge < -0.3 is 18.8 Å². The number of rotatable bonds is 8. The van der Waals surface area contributed by atoms with Gasteiger partial charge in [-0.05, 0) is 74.4 Å². The molecule has 1 N–H and O–H groups in total. The molecular weight excluding hydrogens is 603 g/mol. The number of hydrogen-bond acceptors (Lipinski definition) is 9. The minimum atomic E-state index is -0.624. The number of imidazole rings is 1. The number of aromatic nitrogens is 5. The fourth-order valence-electron chi connectivity index (χ4n) is 6.01. The summed E-state index contributed by atoms with van der Waals surface area (Å²) in [7, 11) is 4.43. The molecule has 0 aliphatic carbocycles. The fraction of sp³-hybridized carbons (Fsp3) is 0.355. The summed E-state index contributed by atoms with van der Waals surface area (Å²) in [5, 5.41) is 5.40. The Balaban J connectivity index is 1.08. The second-order valence-corrected chi connectivity index (χ2v) is 12.3. The van der Waals surface area contributed by atoms with Crippen LogP contribution in [0.3, 0.4) is 0 Å². The summed E-state index contributed by atoms with van der Waals surface area (Å²) < 4.78 is 25.0. The Hall–Kier alpha value is -3.76. The normalized spacial score (nSPS) is 17.9. The van der Waals surface area contributed by atoms with Crippen LogP contribution in [0.2, 0.25) is 5.02 Å². The van der Waals surface area contributed by atoms with Gasteiger partial charge in [-0.3, -0.25) is 19.4 Å². The first-order valence-corrected chi connectivity index (χ1v) is 15.5. The molecule has 13 heteroatoms. The molecule has 1 fully saturated rings. The van der Waals surface area contributed by atoms with Gasteiger partial charge in [0.1, 0.15) is 11.5 Å². The zero-order valence-electron chi connectivity index (χ0n) is 24.3.